The van der Waals surface area contributed by atoms with Gasteiger partial charge >= 0.3 is 15.6 Å². The molecule has 8 heteroatoms. The molecule has 1 aliphatic heterocycles. The Labute approximate surface area is 104 Å². The normalized spacial score (nSPS) is 28.7. The molecule has 0 radical (unpaired) electrons. The summed E-state index contributed by atoms with van der Waals surface area (Å²) in [5, 5.41) is 0. The quantitative estimate of drug-likeness (QED) is 0.577. The Balaban J connectivity index is 2.14. The van der Waals surface area contributed by atoms with E-state index < -0.39 is 27.1 Å². The maximum absolute atomic E-state index is 12.3. The molecule has 0 bridgehead atoms. The van der Waals surface area contributed by atoms with Crippen LogP contribution in [0.2, 0.25) is 0 Å². The lowest BCUT2D eigenvalue weighted by Gasteiger charge is -2.38. The van der Waals surface area contributed by atoms with Crippen molar-refractivity contribution in [3.8, 4) is 0 Å². The van der Waals surface area contributed by atoms with Crippen molar-refractivity contribution in [3.05, 3.63) is 0 Å². The van der Waals surface area contributed by atoms with Crippen LogP contribution in [0.5, 0.6) is 0 Å². The topological polar surface area (TPSA) is 52.6 Å². The molecule has 2 rings (SSSR count). The van der Waals surface area contributed by atoms with Gasteiger partial charge in [-0.05, 0) is 25.7 Å². The standard InChI is InChI=1S/C10H15F3O4S/c11-10(12,13)18(14,15)17-8-2-1-3-9(8)4-6-16-7-5-9/h8H,1-7H2. The molecule has 2 aliphatic rings. The Morgan fingerprint density at radius 2 is 1.78 bits per heavy atom. The molecule has 0 aromatic rings. The van der Waals surface area contributed by atoms with Crippen molar-refractivity contribution < 1.29 is 30.5 Å². The number of halogens is 3. The van der Waals surface area contributed by atoms with E-state index in [4.69, 9.17) is 4.74 Å². The van der Waals surface area contributed by atoms with Gasteiger partial charge in [-0.25, -0.2) is 0 Å². The van der Waals surface area contributed by atoms with Gasteiger partial charge in [-0.2, -0.15) is 21.6 Å². The number of hydrogen-bond acceptors (Lipinski definition) is 4. The first kappa shape index (κ1) is 14.1. The van der Waals surface area contributed by atoms with Crippen LogP contribution in [-0.2, 0) is 19.0 Å². The summed E-state index contributed by atoms with van der Waals surface area (Å²) in [6.07, 6.45) is 2.01. The number of rotatable bonds is 2. The Bertz CT molecular complexity index is 398. The average molecular weight is 288 g/mol. The summed E-state index contributed by atoms with van der Waals surface area (Å²) in [4.78, 5) is 0. The molecular weight excluding hydrogens is 273 g/mol. The van der Waals surface area contributed by atoms with Crippen molar-refractivity contribution in [3.63, 3.8) is 0 Å². The van der Waals surface area contributed by atoms with Crippen LogP contribution in [-0.4, -0.2) is 33.2 Å². The molecule has 0 N–H and O–H groups in total. The van der Waals surface area contributed by atoms with E-state index in [9.17, 15) is 21.6 Å². The van der Waals surface area contributed by atoms with Gasteiger partial charge in [-0.15, -0.1) is 0 Å². The van der Waals surface area contributed by atoms with Gasteiger partial charge in [0.1, 0.15) is 0 Å². The molecular formula is C10H15F3O4S. The molecule has 1 aliphatic carbocycles. The van der Waals surface area contributed by atoms with E-state index in [0.717, 1.165) is 0 Å². The smallest absolute Gasteiger partial charge is 0.381 e. The molecule has 4 nitrogen and oxygen atoms in total. The first-order valence-electron chi connectivity index (χ1n) is 5.84. The van der Waals surface area contributed by atoms with Crippen molar-refractivity contribution in [2.24, 2.45) is 5.41 Å². The van der Waals surface area contributed by atoms with E-state index in [1.165, 1.54) is 0 Å². The highest BCUT2D eigenvalue weighted by Crippen LogP contribution is 2.48. The Morgan fingerprint density at radius 3 is 2.33 bits per heavy atom. The lowest BCUT2D eigenvalue weighted by Crippen LogP contribution is -2.41. The second-order valence-electron chi connectivity index (χ2n) is 4.85. The predicted molar refractivity (Wildman–Crippen MR) is 56.2 cm³/mol. The van der Waals surface area contributed by atoms with Gasteiger partial charge in [0.25, 0.3) is 0 Å². The molecule has 18 heavy (non-hydrogen) atoms. The SMILES string of the molecule is O=S(=O)(OC1CCCC12CCOCC2)C(F)(F)F. The van der Waals surface area contributed by atoms with Crippen LogP contribution in [0.3, 0.4) is 0 Å². The van der Waals surface area contributed by atoms with Crippen LogP contribution in [0.4, 0.5) is 13.2 Å². The van der Waals surface area contributed by atoms with Gasteiger partial charge in [0.15, 0.2) is 0 Å². The minimum Gasteiger partial charge on any atom is -0.381 e. The fourth-order valence-corrected chi connectivity index (χ4v) is 3.53. The first-order chi connectivity index (χ1) is 8.27. The van der Waals surface area contributed by atoms with E-state index in [1.807, 2.05) is 0 Å². The number of hydrogen-bond donors (Lipinski definition) is 0. The Morgan fingerprint density at radius 1 is 1.17 bits per heavy atom. The predicted octanol–water partition coefficient (Wildman–Crippen LogP) is 2.20. The van der Waals surface area contributed by atoms with Crippen LogP contribution in [0, 0.1) is 5.41 Å². The molecule has 0 aromatic heterocycles. The maximum atomic E-state index is 12.3. The van der Waals surface area contributed by atoms with Gasteiger partial charge in [0.05, 0.1) is 6.10 Å². The lowest BCUT2D eigenvalue weighted by atomic mass is 9.77. The summed E-state index contributed by atoms with van der Waals surface area (Å²) in [6.45, 7) is 0.901. The van der Waals surface area contributed by atoms with E-state index in [0.29, 0.717) is 45.3 Å². The third kappa shape index (κ3) is 2.50. The Kier molecular flexibility index (Phi) is 3.63. The Hall–Kier alpha value is -0.340. The van der Waals surface area contributed by atoms with Gasteiger partial charge in [-0.3, -0.25) is 4.18 Å². The van der Waals surface area contributed by atoms with Crippen molar-refractivity contribution in [1.82, 2.24) is 0 Å². The minimum atomic E-state index is -5.50. The summed E-state index contributed by atoms with van der Waals surface area (Å²) in [6, 6.07) is 0. The zero-order valence-corrected chi connectivity index (χ0v) is 10.5. The molecule has 0 aromatic carbocycles. The summed E-state index contributed by atoms with van der Waals surface area (Å²) < 4.78 is 68.6. The molecule has 2 fully saturated rings. The first-order valence-corrected chi connectivity index (χ1v) is 7.25. The fraction of sp³-hybridized carbons (Fsp3) is 1.00. The molecule has 106 valence electrons. The third-order valence-electron chi connectivity index (χ3n) is 3.84. The number of ether oxygens (including phenoxy) is 1. The molecule has 1 saturated carbocycles. The third-order valence-corrected chi connectivity index (χ3v) is 4.89. The molecule has 1 unspecified atom stereocenters. The summed E-state index contributed by atoms with van der Waals surface area (Å²) in [7, 11) is -5.50. The van der Waals surface area contributed by atoms with Gasteiger partial charge in [0, 0.05) is 18.6 Å². The van der Waals surface area contributed by atoms with E-state index >= 15 is 0 Å². The van der Waals surface area contributed by atoms with Gasteiger partial charge < -0.3 is 4.74 Å². The van der Waals surface area contributed by atoms with Crippen molar-refractivity contribution in [2.45, 2.75) is 43.7 Å². The molecule has 1 heterocycles. The van der Waals surface area contributed by atoms with E-state index in [1.54, 1.807) is 0 Å². The minimum absolute atomic E-state index is 0.356. The summed E-state index contributed by atoms with van der Waals surface area (Å²) in [5.41, 5.74) is -5.81. The van der Waals surface area contributed by atoms with Gasteiger partial charge in [-0.1, -0.05) is 6.42 Å². The highest BCUT2D eigenvalue weighted by molar-refractivity contribution is 7.87. The van der Waals surface area contributed by atoms with Crippen molar-refractivity contribution in [1.29, 1.82) is 0 Å². The van der Waals surface area contributed by atoms with Crippen molar-refractivity contribution >= 4 is 10.1 Å². The highest BCUT2D eigenvalue weighted by Gasteiger charge is 2.53. The summed E-state index contributed by atoms with van der Waals surface area (Å²) in [5.74, 6) is 0. The average Bonchev–Trinajstić information content (AvgIpc) is 2.60. The fourth-order valence-electron chi connectivity index (χ4n) is 2.81. The second kappa shape index (κ2) is 4.64. The lowest BCUT2D eigenvalue weighted by molar-refractivity contribution is -0.0719. The van der Waals surface area contributed by atoms with Gasteiger partial charge in [0.2, 0.25) is 0 Å². The van der Waals surface area contributed by atoms with Crippen molar-refractivity contribution in [2.75, 3.05) is 13.2 Å². The zero-order valence-electron chi connectivity index (χ0n) is 9.70. The number of alkyl halides is 3. The zero-order chi connectivity index (χ0) is 13.4. The monoisotopic (exact) mass is 288 g/mol. The van der Waals surface area contributed by atoms with Crippen LogP contribution in [0.25, 0.3) is 0 Å². The van der Waals surface area contributed by atoms with Crippen LogP contribution in [0.15, 0.2) is 0 Å². The molecule has 1 spiro atoms. The maximum Gasteiger partial charge on any atom is 0.523 e. The van der Waals surface area contributed by atoms with Crippen LogP contribution >= 0.6 is 0 Å². The van der Waals surface area contributed by atoms with E-state index in [2.05, 4.69) is 4.18 Å². The van der Waals surface area contributed by atoms with Crippen LogP contribution < -0.4 is 0 Å². The molecule has 1 atom stereocenters. The van der Waals surface area contributed by atoms with E-state index in [-0.39, 0.29) is 0 Å². The summed E-state index contributed by atoms with van der Waals surface area (Å²) >= 11 is 0. The molecule has 0 amide bonds. The molecule has 1 saturated heterocycles. The highest BCUT2D eigenvalue weighted by atomic mass is 32.2. The second-order valence-corrected chi connectivity index (χ2v) is 6.42. The van der Waals surface area contributed by atoms with Crippen LogP contribution in [0.1, 0.15) is 32.1 Å². The largest absolute Gasteiger partial charge is 0.523 e.